The van der Waals surface area contributed by atoms with Crippen molar-refractivity contribution < 1.29 is 0 Å². The molecule has 19 heavy (non-hydrogen) atoms. The molecular weight excluding hydrogens is 232 g/mol. The maximum atomic E-state index is 4.56. The second kappa shape index (κ2) is 6.05. The first-order valence-electron chi connectivity index (χ1n) is 7.35. The van der Waals surface area contributed by atoms with Gasteiger partial charge in [0, 0.05) is 6.20 Å². The highest BCUT2D eigenvalue weighted by molar-refractivity contribution is 5.45. The highest BCUT2D eigenvalue weighted by atomic mass is 15.3. The van der Waals surface area contributed by atoms with Crippen molar-refractivity contribution in [3.05, 3.63) is 47.3 Å². The smallest absolute Gasteiger partial charge is 0.0680 e. The molecule has 0 unspecified atom stereocenters. The quantitative estimate of drug-likeness (QED) is 0.761. The summed E-state index contributed by atoms with van der Waals surface area (Å²) < 4.78 is 2.02. The van der Waals surface area contributed by atoms with Crippen LogP contribution in [0.3, 0.4) is 0 Å². The van der Waals surface area contributed by atoms with Crippen LogP contribution >= 0.6 is 0 Å². The predicted octanol–water partition coefficient (Wildman–Crippen LogP) is 4.65. The summed E-state index contributed by atoms with van der Waals surface area (Å²) in [5.41, 5.74) is 5.15. The standard InChI is InChI=1S/C17H24N2/c1-5-14-8-9-17(19-11-10-13(4)18-19)16(12-14)15(6-2)7-3/h8-12,15H,5-7H2,1-4H3. The van der Waals surface area contributed by atoms with Crippen LogP contribution < -0.4 is 0 Å². The van der Waals surface area contributed by atoms with Gasteiger partial charge in [-0.1, -0.05) is 32.9 Å². The van der Waals surface area contributed by atoms with Crippen LogP contribution in [0.15, 0.2) is 30.5 Å². The molecule has 0 radical (unpaired) electrons. The monoisotopic (exact) mass is 256 g/mol. The Morgan fingerprint density at radius 1 is 1.11 bits per heavy atom. The van der Waals surface area contributed by atoms with Crippen molar-refractivity contribution in [1.29, 1.82) is 0 Å². The van der Waals surface area contributed by atoms with E-state index in [4.69, 9.17) is 0 Å². The molecule has 0 spiro atoms. The predicted molar refractivity (Wildman–Crippen MR) is 81.0 cm³/mol. The van der Waals surface area contributed by atoms with E-state index in [1.54, 1.807) is 0 Å². The number of aryl methyl sites for hydroxylation is 2. The minimum atomic E-state index is 0.617. The van der Waals surface area contributed by atoms with Gasteiger partial charge in [0.15, 0.2) is 0 Å². The molecule has 0 saturated carbocycles. The van der Waals surface area contributed by atoms with E-state index < -0.39 is 0 Å². The Hall–Kier alpha value is -1.57. The van der Waals surface area contributed by atoms with Crippen molar-refractivity contribution in [2.75, 3.05) is 0 Å². The third-order valence-electron chi connectivity index (χ3n) is 3.89. The molecule has 0 amide bonds. The summed E-state index contributed by atoms with van der Waals surface area (Å²) in [6, 6.07) is 8.87. The Kier molecular flexibility index (Phi) is 4.41. The first-order chi connectivity index (χ1) is 9.19. The van der Waals surface area contributed by atoms with Gasteiger partial charge >= 0.3 is 0 Å². The largest absolute Gasteiger partial charge is 0.240 e. The topological polar surface area (TPSA) is 17.8 Å². The summed E-state index contributed by atoms with van der Waals surface area (Å²) in [5, 5.41) is 4.56. The number of hydrogen-bond acceptors (Lipinski definition) is 1. The molecule has 0 atom stereocenters. The number of benzene rings is 1. The molecule has 0 bridgehead atoms. The van der Waals surface area contributed by atoms with E-state index in [0.29, 0.717) is 5.92 Å². The normalized spacial score (nSPS) is 11.2. The lowest BCUT2D eigenvalue weighted by Gasteiger charge is -2.18. The van der Waals surface area contributed by atoms with Gasteiger partial charge in [0.05, 0.1) is 11.4 Å². The molecule has 0 aliphatic heterocycles. The minimum Gasteiger partial charge on any atom is -0.240 e. The molecule has 1 aromatic carbocycles. The fourth-order valence-corrected chi connectivity index (χ4v) is 2.64. The van der Waals surface area contributed by atoms with Gasteiger partial charge in [-0.05, 0) is 55.4 Å². The summed E-state index contributed by atoms with van der Waals surface area (Å²) in [5.74, 6) is 0.617. The van der Waals surface area contributed by atoms with E-state index in [1.165, 1.54) is 29.7 Å². The zero-order chi connectivity index (χ0) is 13.8. The number of aromatic nitrogens is 2. The Bertz CT molecular complexity index is 536. The van der Waals surface area contributed by atoms with Gasteiger partial charge in [-0.15, -0.1) is 0 Å². The molecule has 1 aromatic heterocycles. The molecule has 102 valence electrons. The zero-order valence-corrected chi connectivity index (χ0v) is 12.5. The molecule has 2 rings (SSSR count). The van der Waals surface area contributed by atoms with E-state index in [2.05, 4.69) is 56.3 Å². The number of nitrogens with zero attached hydrogens (tertiary/aromatic N) is 2. The Morgan fingerprint density at radius 2 is 1.84 bits per heavy atom. The van der Waals surface area contributed by atoms with Crippen molar-refractivity contribution in [1.82, 2.24) is 9.78 Å². The lowest BCUT2D eigenvalue weighted by Crippen LogP contribution is -2.06. The van der Waals surface area contributed by atoms with E-state index in [-0.39, 0.29) is 0 Å². The summed E-state index contributed by atoms with van der Waals surface area (Å²) in [4.78, 5) is 0. The maximum absolute atomic E-state index is 4.56. The Labute approximate surface area is 116 Å². The van der Waals surface area contributed by atoms with Crippen LogP contribution in [0.4, 0.5) is 0 Å². The van der Waals surface area contributed by atoms with Crippen LogP contribution in [0.1, 0.15) is 56.4 Å². The second-order valence-electron chi connectivity index (χ2n) is 5.16. The van der Waals surface area contributed by atoms with Gasteiger partial charge < -0.3 is 0 Å². The first-order valence-corrected chi connectivity index (χ1v) is 7.35. The van der Waals surface area contributed by atoms with Gasteiger partial charge in [0.1, 0.15) is 0 Å². The van der Waals surface area contributed by atoms with E-state index in [0.717, 1.165) is 12.1 Å². The molecule has 2 nitrogen and oxygen atoms in total. The molecule has 0 aliphatic rings. The van der Waals surface area contributed by atoms with Crippen molar-refractivity contribution in [2.24, 2.45) is 0 Å². The second-order valence-corrected chi connectivity index (χ2v) is 5.16. The maximum Gasteiger partial charge on any atom is 0.0680 e. The van der Waals surface area contributed by atoms with Crippen LogP contribution in [0.5, 0.6) is 0 Å². The lowest BCUT2D eigenvalue weighted by atomic mass is 9.90. The molecule has 2 aromatic rings. The molecule has 0 saturated heterocycles. The Morgan fingerprint density at radius 3 is 2.37 bits per heavy atom. The van der Waals surface area contributed by atoms with Gasteiger partial charge in [-0.3, -0.25) is 0 Å². The first kappa shape index (κ1) is 13.9. The summed E-state index contributed by atoms with van der Waals surface area (Å²) >= 11 is 0. The SMILES string of the molecule is CCc1ccc(-n2ccc(C)n2)c(C(CC)CC)c1. The summed E-state index contributed by atoms with van der Waals surface area (Å²) in [6.07, 6.45) is 5.50. The minimum absolute atomic E-state index is 0.617. The molecule has 2 heteroatoms. The molecule has 0 N–H and O–H groups in total. The van der Waals surface area contributed by atoms with Gasteiger partial charge in [0.2, 0.25) is 0 Å². The van der Waals surface area contributed by atoms with E-state index in [1.807, 2.05) is 11.6 Å². The lowest BCUT2D eigenvalue weighted by molar-refractivity contribution is 0.633. The average Bonchev–Trinajstić information content (AvgIpc) is 2.86. The van der Waals surface area contributed by atoms with Crippen LogP contribution in [0, 0.1) is 6.92 Å². The van der Waals surface area contributed by atoms with Crippen molar-refractivity contribution in [3.8, 4) is 5.69 Å². The fourth-order valence-electron chi connectivity index (χ4n) is 2.64. The molecule has 0 aliphatic carbocycles. The number of rotatable bonds is 5. The third-order valence-corrected chi connectivity index (χ3v) is 3.89. The van der Waals surface area contributed by atoms with Gasteiger partial charge in [-0.2, -0.15) is 5.10 Å². The third kappa shape index (κ3) is 2.89. The van der Waals surface area contributed by atoms with Crippen LogP contribution in [-0.2, 0) is 6.42 Å². The van der Waals surface area contributed by atoms with Crippen LogP contribution in [0.25, 0.3) is 5.69 Å². The zero-order valence-electron chi connectivity index (χ0n) is 12.5. The average molecular weight is 256 g/mol. The summed E-state index contributed by atoms with van der Waals surface area (Å²) in [6.45, 7) is 8.78. The van der Waals surface area contributed by atoms with Crippen molar-refractivity contribution in [3.63, 3.8) is 0 Å². The van der Waals surface area contributed by atoms with Gasteiger partial charge in [0.25, 0.3) is 0 Å². The number of hydrogen-bond donors (Lipinski definition) is 0. The van der Waals surface area contributed by atoms with Crippen molar-refractivity contribution >= 4 is 0 Å². The van der Waals surface area contributed by atoms with E-state index in [9.17, 15) is 0 Å². The molecular formula is C17H24N2. The van der Waals surface area contributed by atoms with Crippen molar-refractivity contribution in [2.45, 2.75) is 52.9 Å². The Balaban J connectivity index is 2.53. The van der Waals surface area contributed by atoms with Gasteiger partial charge in [-0.25, -0.2) is 4.68 Å². The molecule has 0 fully saturated rings. The highest BCUT2D eigenvalue weighted by Gasteiger charge is 2.14. The van der Waals surface area contributed by atoms with E-state index >= 15 is 0 Å². The van der Waals surface area contributed by atoms with Crippen LogP contribution in [0.2, 0.25) is 0 Å². The molecule has 1 heterocycles. The highest BCUT2D eigenvalue weighted by Crippen LogP contribution is 2.29. The van der Waals surface area contributed by atoms with Crippen LogP contribution in [-0.4, -0.2) is 9.78 Å². The summed E-state index contributed by atoms with van der Waals surface area (Å²) in [7, 11) is 0. The fraction of sp³-hybridized carbons (Fsp3) is 0.471.